The third kappa shape index (κ3) is 4.41. The van der Waals surface area contributed by atoms with Gasteiger partial charge in [-0.15, -0.1) is 11.3 Å². The average Bonchev–Trinajstić information content (AvgIpc) is 3.28. The number of sulfonamides is 1. The highest BCUT2D eigenvalue weighted by atomic mass is 32.2. The number of thiophene rings is 1. The molecule has 2 aliphatic heterocycles. The fourth-order valence-corrected chi connectivity index (χ4v) is 6.26. The Bertz CT molecular complexity index is 725. The van der Waals surface area contributed by atoms with E-state index in [1.165, 1.54) is 10.4 Å². The first kappa shape index (κ1) is 19.7. The molecule has 2 fully saturated rings. The molecule has 2 saturated heterocycles. The van der Waals surface area contributed by atoms with Crippen molar-refractivity contribution in [3.8, 4) is 0 Å². The molecule has 0 saturated carbocycles. The third-order valence-corrected chi connectivity index (χ3v) is 7.82. The van der Waals surface area contributed by atoms with E-state index >= 15 is 0 Å². The summed E-state index contributed by atoms with van der Waals surface area (Å²) in [5.41, 5.74) is 0. The van der Waals surface area contributed by atoms with Gasteiger partial charge >= 0.3 is 0 Å². The molecular formula is C16H23F2N3O3S2. The zero-order chi connectivity index (χ0) is 18.7. The van der Waals surface area contributed by atoms with E-state index in [4.69, 9.17) is 0 Å². The highest BCUT2D eigenvalue weighted by Gasteiger charge is 2.32. The number of rotatable bonds is 6. The maximum Gasteiger partial charge on any atom is 0.262 e. The summed E-state index contributed by atoms with van der Waals surface area (Å²) in [5.74, 6) is -0.398. The molecule has 0 bridgehead atoms. The van der Waals surface area contributed by atoms with Gasteiger partial charge in [0.15, 0.2) is 0 Å². The van der Waals surface area contributed by atoms with E-state index in [1.807, 2.05) is 0 Å². The first-order valence-electron chi connectivity index (χ1n) is 8.77. The third-order valence-electron chi connectivity index (χ3n) is 4.84. The van der Waals surface area contributed by atoms with Crippen LogP contribution < -0.4 is 5.32 Å². The molecule has 1 amide bonds. The minimum atomic E-state index is -3.64. The van der Waals surface area contributed by atoms with E-state index in [-0.39, 0.29) is 22.4 Å². The van der Waals surface area contributed by atoms with Crippen LogP contribution in [0.5, 0.6) is 0 Å². The Morgan fingerprint density at radius 3 is 2.50 bits per heavy atom. The van der Waals surface area contributed by atoms with Gasteiger partial charge in [-0.25, -0.2) is 17.2 Å². The second-order valence-electron chi connectivity index (χ2n) is 6.66. The minimum Gasteiger partial charge on any atom is -0.348 e. The highest BCUT2D eigenvalue weighted by Crippen LogP contribution is 2.28. The first-order valence-corrected chi connectivity index (χ1v) is 11.1. The molecule has 0 radical (unpaired) electrons. The van der Waals surface area contributed by atoms with E-state index in [1.54, 1.807) is 10.3 Å². The molecule has 0 atom stereocenters. The van der Waals surface area contributed by atoms with E-state index < -0.39 is 22.4 Å². The predicted molar refractivity (Wildman–Crippen MR) is 95.2 cm³/mol. The number of likely N-dealkylation sites (tertiary alicyclic amines) is 1. The molecule has 1 N–H and O–H groups in total. The monoisotopic (exact) mass is 407 g/mol. The standard InChI is InChI=1S/C16H23F2N3O3S2/c17-14(18)11-20-8-3-12(4-9-20)19-16(22)15-13(5-10-25-15)26(23,24)21-6-1-2-7-21/h5,10,12,14H,1-4,6-9,11H2,(H,19,22). The number of nitrogens with one attached hydrogen (secondary N) is 1. The predicted octanol–water partition coefficient (Wildman–Crippen LogP) is 1.99. The molecule has 10 heteroatoms. The van der Waals surface area contributed by atoms with Crippen molar-refractivity contribution in [2.45, 2.75) is 43.0 Å². The van der Waals surface area contributed by atoms with E-state index in [0.29, 0.717) is 39.0 Å². The van der Waals surface area contributed by atoms with Crippen LogP contribution in [0.1, 0.15) is 35.4 Å². The molecule has 2 aliphatic rings. The number of carbonyl (C=O) groups is 1. The summed E-state index contributed by atoms with van der Waals surface area (Å²) in [4.78, 5) is 14.5. The van der Waals surface area contributed by atoms with Gasteiger partial charge in [-0.2, -0.15) is 4.31 Å². The van der Waals surface area contributed by atoms with Gasteiger partial charge in [0.1, 0.15) is 9.77 Å². The molecule has 1 aromatic rings. The minimum absolute atomic E-state index is 0.0667. The number of hydrogen-bond donors (Lipinski definition) is 1. The number of halogens is 2. The van der Waals surface area contributed by atoms with E-state index in [9.17, 15) is 22.0 Å². The molecule has 1 aromatic heterocycles. The Balaban J connectivity index is 1.62. The van der Waals surface area contributed by atoms with Crippen LogP contribution in [0.15, 0.2) is 16.3 Å². The van der Waals surface area contributed by atoms with Gasteiger partial charge in [-0.1, -0.05) is 0 Å². The van der Waals surface area contributed by atoms with Crippen molar-refractivity contribution in [3.63, 3.8) is 0 Å². The van der Waals surface area contributed by atoms with Crippen LogP contribution in [0.2, 0.25) is 0 Å². The molecular weight excluding hydrogens is 384 g/mol. The van der Waals surface area contributed by atoms with Crippen molar-refractivity contribution in [1.29, 1.82) is 0 Å². The smallest absolute Gasteiger partial charge is 0.262 e. The van der Waals surface area contributed by atoms with Crippen molar-refractivity contribution < 1.29 is 22.0 Å². The van der Waals surface area contributed by atoms with Crippen LogP contribution in [0.4, 0.5) is 8.78 Å². The molecule has 26 heavy (non-hydrogen) atoms. The van der Waals surface area contributed by atoms with Gasteiger partial charge in [0.05, 0.1) is 6.54 Å². The first-order chi connectivity index (χ1) is 12.4. The van der Waals surface area contributed by atoms with Crippen LogP contribution in [-0.2, 0) is 10.0 Å². The van der Waals surface area contributed by atoms with Gasteiger partial charge in [0.25, 0.3) is 12.3 Å². The zero-order valence-corrected chi connectivity index (χ0v) is 16.0. The topological polar surface area (TPSA) is 69.7 Å². The van der Waals surface area contributed by atoms with Gasteiger partial charge < -0.3 is 5.32 Å². The van der Waals surface area contributed by atoms with Crippen LogP contribution >= 0.6 is 11.3 Å². The molecule has 0 unspecified atom stereocenters. The number of amides is 1. The van der Waals surface area contributed by atoms with Gasteiger partial charge in [0.2, 0.25) is 10.0 Å². The lowest BCUT2D eigenvalue weighted by Crippen LogP contribution is -2.45. The van der Waals surface area contributed by atoms with Crippen molar-refractivity contribution >= 4 is 27.3 Å². The number of alkyl halides is 2. The fraction of sp³-hybridized carbons (Fsp3) is 0.688. The maximum atomic E-state index is 12.7. The Morgan fingerprint density at radius 2 is 1.88 bits per heavy atom. The fourth-order valence-electron chi connectivity index (χ4n) is 3.44. The Labute approximate surface area is 156 Å². The Hall–Kier alpha value is -1.10. The van der Waals surface area contributed by atoms with E-state index in [2.05, 4.69) is 5.32 Å². The van der Waals surface area contributed by atoms with Crippen molar-refractivity contribution in [1.82, 2.24) is 14.5 Å². The molecule has 3 rings (SSSR count). The maximum absolute atomic E-state index is 12.7. The lowest BCUT2D eigenvalue weighted by atomic mass is 10.1. The lowest BCUT2D eigenvalue weighted by Gasteiger charge is -2.32. The van der Waals surface area contributed by atoms with Gasteiger partial charge in [-0.3, -0.25) is 9.69 Å². The molecule has 0 aliphatic carbocycles. The van der Waals surface area contributed by atoms with Crippen molar-refractivity contribution in [2.24, 2.45) is 0 Å². The molecule has 146 valence electrons. The SMILES string of the molecule is O=C(NC1CCN(CC(F)F)CC1)c1sccc1S(=O)(=O)N1CCCC1. The normalized spacial score (nSPS) is 20.7. The summed E-state index contributed by atoms with van der Waals surface area (Å²) >= 11 is 1.11. The average molecular weight is 408 g/mol. The second-order valence-corrected chi connectivity index (χ2v) is 9.49. The Kier molecular flexibility index (Phi) is 6.26. The summed E-state index contributed by atoms with van der Waals surface area (Å²) in [6.45, 7) is 1.73. The zero-order valence-electron chi connectivity index (χ0n) is 14.4. The number of nitrogens with zero attached hydrogens (tertiary/aromatic N) is 2. The molecule has 0 aromatic carbocycles. The van der Waals surface area contributed by atoms with Crippen LogP contribution in [0, 0.1) is 0 Å². The summed E-state index contributed by atoms with van der Waals surface area (Å²) < 4.78 is 51.7. The van der Waals surface area contributed by atoms with E-state index in [0.717, 1.165) is 24.2 Å². The largest absolute Gasteiger partial charge is 0.348 e. The highest BCUT2D eigenvalue weighted by molar-refractivity contribution is 7.89. The van der Waals surface area contributed by atoms with Gasteiger partial charge in [-0.05, 0) is 37.1 Å². The van der Waals surface area contributed by atoms with Crippen molar-refractivity contribution in [3.05, 3.63) is 16.3 Å². The summed E-state index contributed by atoms with van der Waals surface area (Å²) in [7, 11) is -3.64. The molecule has 3 heterocycles. The Morgan fingerprint density at radius 1 is 1.23 bits per heavy atom. The quantitative estimate of drug-likeness (QED) is 0.783. The molecule has 0 spiro atoms. The van der Waals surface area contributed by atoms with Crippen molar-refractivity contribution in [2.75, 3.05) is 32.7 Å². The molecule has 6 nitrogen and oxygen atoms in total. The number of hydrogen-bond acceptors (Lipinski definition) is 5. The summed E-state index contributed by atoms with van der Waals surface area (Å²) in [6.07, 6.45) is 0.478. The second kappa shape index (κ2) is 8.28. The number of piperidine rings is 1. The lowest BCUT2D eigenvalue weighted by molar-refractivity contribution is 0.0696. The van der Waals surface area contributed by atoms with Gasteiger partial charge in [0, 0.05) is 32.2 Å². The van der Waals surface area contributed by atoms with Crippen LogP contribution in [0.3, 0.4) is 0 Å². The summed E-state index contributed by atoms with van der Waals surface area (Å²) in [6, 6.07) is 1.36. The summed E-state index contributed by atoms with van der Waals surface area (Å²) in [5, 5.41) is 4.49. The van der Waals surface area contributed by atoms with Crippen LogP contribution in [0.25, 0.3) is 0 Å². The van der Waals surface area contributed by atoms with Crippen LogP contribution in [-0.4, -0.2) is 68.7 Å². The number of carbonyl (C=O) groups excluding carboxylic acids is 1.